The Bertz CT molecular complexity index is 902. The van der Waals surface area contributed by atoms with Crippen LogP contribution in [-0.2, 0) is 6.18 Å². The van der Waals surface area contributed by atoms with Crippen LogP contribution < -0.4 is 21.9 Å². The van der Waals surface area contributed by atoms with Gasteiger partial charge in [-0.25, -0.2) is 13.8 Å². The van der Waals surface area contributed by atoms with E-state index in [2.05, 4.69) is 9.98 Å². The molecule has 0 bridgehead atoms. The molecule has 0 saturated carbocycles. The minimum atomic E-state index is -4.91. The summed E-state index contributed by atoms with van der Waals surface area (Å²) >= 11 is 1.93. The molecule has 0 unspecified atom stereocenters. The monoisotopic (exact) mass is 499 g/mol. The van der Waals surface area contributed by atoms with Gasteiger partial charge in [0, 0.05) is 3.57 Å². The second kappa shape index (κ2) is 7.94. The van der Waals surface area contributed by atoms with Crippen molar-refractivity contribution in [1.82, 2.24) is 0 Å². The Balaban J connectivity index is 2.48. The first-order valence-corrected chi connectivity index (χ1v) is 8.02. The van der Waals surface area contributed by atoms with Gasteiger partial charge in [-0.2, -0.15) is 18.2 Å². The van der Waals surface area contributed by atoms with Gasteiger partial charge < -0.3 is 21.9 Å². The molecule has 0 aliphatic carbocycles. The molecule has 6 nitrogen and oxygen atoms in total. The van der Waals surface area contributed by atoms with Crippen molar-refractivity contribution in [2.45, 2.75) is 6.18 Å². The van der Waals surface area contributed by atoms with Gasteiger partial charge in [-0.3, -0.25) is 0 Å². The van der Waals surface area contributed by atoms with Crippen molar-refractivity contribution in [2.24, 2.45) is 27.2 Å². The molecule has 27 heavy (non-hydrogen) atoms. The summed E-state index contributed by atoms with van der Waals surface area (Å²) in [6, 6.07) is 4.51. The second-order valence-corrected chi connectivity index (χ2v) is 6.23. The SMILES string of the molecule is NC(N)=NC(N)=Nc1cc(I)ccc1Oc1c(F)cc(C(F)(F)F)cc1F. The molecular weight excluding hydrogens is 488 g/mol. The maximum atomic E-state index is 14.0. The van der Waals surface area contributed by atoms with Gasteiger partial charge in [0.05, 0.1) is 5.56 Å². The summed E-state index contributed by atoms with van der Waals surface area (Å²) in [5.41, 5.74) is 14.4. The summed E-state index contributed by atoms with van der Waals surface area (Å²) in [5, 5.41) is 0. The molecule has 0 spiro atoms. The molecule has 0 aliphatic heterocycles. The number of alkyl halides is 3. The predicted molar refractivity (Wildman–Crippen MR) is 97.7 cm³/mol. The van der Waals surface area contributed by atoms with E-state index in [1.54, 1.807) is 0 Å². The van der Waals surface area contributed by atoms with E-state index in [9.17, 15) is 22.0 Å². The number of guanidine groups is 2. The molecule has 12 heteroatoms. The van der Waals surface area contributed by atoms with E-state index in [1.807, 2.05) is 22.6 Å². The van der Waals surface area contributed by atoms with Gasteiger partial charge in [-0.1, -0.05) is 0 Å². The highest BCUT2D eigenvalue weighted by molar-refractivity contribution is 14.1. The lowest BCUT2D eigenvalue weighted by atomic mass is 10.2. The molecule has 2 aromatic carbocycles. The molecule has 0 aliphatic rings. The standard InChI is InChI=1S/C15H11F5IN5O/c16-8-3-6(15(18,19)20)4-9(17)12(8)27-11-2-1-7(21)5-10(11)25-14(24)26-13(22)23/h1-5H,(H6,22,23,24,25,26). The van der Waals surface area contributed by atoms with Crippen LogP contribution in [0.2, 0.25) is 0 Å². The van der Waals surface area contributed by atoms with Crippen LogP contribution in [0, 0.1) is 15.2 Å². The fourth-order valence-electron chi connectivity index (χ4n) is 1.88. The molecule has 0 amide bonds. The number of rotatable bonds is 3. The first kappa shape index (κ1) is 20.7. The van der Waals surface area contributed by atoms with Crippen LogP contribution >= 0.6 is 22.6 Å². The lowest BCUT2D eigenvalue weighted by Gasteiger charge is -2.13. The third kappa shape index (κ3) is 5.42. The first-order chi connectivity index (χ1) is 12.5. The smallest absolute Gasteiger partial charge is 0.416 e. The summed E-state index contributed by atoms with van der Waals surface area (Å²) < 4.78 is 71.6. The molecule has 0 atom stereocenters. The summed E-state index contributed by atoms with van der Waals surface area (Å²) in [7, 11) is 0. The highest BCUT2D eigenvalue weighted by atomic mass is 127. The van der Waals surface area contributed by atoms with Crippen LogP contribution in [0.4, 0.5) is 27.6 Å². The molecule has 0 aromatic heterocycles. The normalized spacial score (nSPS) is 12.0. The van der Waals surface area contributed by atoms with Gasteiger partial charge in [-0.15, -0.1) is 0 Å². The maximum absolute atomic E-state index is 14.0. The Morgan fingerprint density at radius 3 is 2.11 bits per heavy atom. The predicted octanol–water partition coefficient (Wildman–Crippen LogP) is 3.60. The largest absolute Gasteiger partial charge is 0.449 e. The first-order valence-electron chi connectivity index (χ1n) is 6.95. The van der Waals surface area contributed by atoms with Gasteiger partial charge in [0.2, 0.25) is 5.96 Å². The van der Waals surface area contributed by atoms with Gasteiger partial charge in [0.1, 0.15) is 5.69 Å². The summed E-state index contributed by atoms with van der Waals surface area (Å²) in [6.45, 7) is 0. The van der Waals surface area contributed by atoms with Crippen LogP contribution in [-0.4, -0.2) is 11.9 Å². The van der Waals surface area contributed by atoms with Crippen LogP contribution in [0.3, 0.4) is 0 Å². The van der Waals surface area contributed by atoms with Crippen LogP contribution in [0.1, 0.15) is 5.56 Å². The number of hydrogen-bond acceptors (Lipinski definition) is 2. The van der Waals surface area contributed by atoms with Crippen molar-refractivity contribution in [3.63, 3.8) is 0 Å². The topological polar surface area (TPSA) is 112 Å². The molecule has 0 radical (unpaired) electrons. The van der Waals surface area contributed by atoms with E-state index in [-0.39, 0.29) is 35.5 Å². The zero-order valence-corrected chi connectivity index (χ0v) is 15.3. The summed E-state index contributed by atoms with van der Waals surface area (Å²) in [4.78, 5) is 7.36. The van der Waals surface area contributed by atoms with Crippen LogP contribution in [0.5, 0.6) is 11.5 Å². The van der Waals surface area contributed by atoms with E-state index < -0.39 is 29.1 Å². The Morgan fingerprint density at radius 2 is 1.59 bits per heavy atom. The van der Waals surface area contributed by atoms with Crippen molar-refractivity contribution >= 4 is 40.2 Å². The molecular formula is C15H11F5IN5O. The van der Waals surface area contributed by atoms with Crippen molar-refractivity contribution in [1.29, 1.82) is 0 Å². The van der Waals surface area contributed by atoms with Gasteiger partial charge in [0.25, 0.3) is 0 Å². The maximum Gasteiger partial charge on any atom is 0.416 e. The molecule has 144 valence electrons. The van der Waals surface area contributed by atoms with Gasteiger partial charge in [0.15, 0.2) is 29.1 Å². The van der Waals surface area contributed by atoms with E-state index in [4.69, 9.17) is 21.9 Å². The Hall–Kier alpha value is -2.64. The molecule has 2 rings (SSSR count). The zero-order valence-electron chi connectivity index (χ0n) is 13.2. The molecule has 6 N–H and O–H groups in total. The number of benzene rings is 2. The Kier molecular flexibility index (Phi) is 6.08. The average molecular weight is 499 g/mol. The van der Waals surface area contributed by atoms with E-state index >= 15 is 0 Å². The Labute approximate surface area is 163 Å². The Morgan fingerprint density at radius 1 is 1.00 bits per heavy atom. The van der Waals surface area contributed by atoms with Crippen molar-refractivity contribution in [3.8, 4) is 11.5 Å². The van der Waals surface area contributed by atoms with Crippen molar-refractivity contribution in [3.05, 3.63) is 51.1 Å². The quantitative estimate of drug-likeness (QED) is 0.259. The van der Waals surface area contributed by atoms with Crippen LogP contribution in [0.15, 0.2) is 40.3 Å². The van der Waals surface area contributed by atoms with Crippen molar-refractivity contribution < 1.29 is 26.7 Å². The molecule has 0 heterocycles. The number of nitrogens with two attached hydrogens (primary N) is 3. The fraction of sp³-hybridized carbons (Fsp3) is 0.0667. The molecule has 0 saturated heterocycles. The second-order valence-electron chi connectivity index (χ2n) is 4.99. The van der Waals surface area contributed by atoms with Gasteiger partial charge >= 0.3 is 6.18 Å². The molecule has 2 aromatic rings. The number of aliphatic imine (C=N–C) groups is 2. The number of halogens is 6. The molecule has 0 fully saturated rings. The van der Waals surface area contributed by atoms with Crippen LogP contribution in [0.25, 0.3) is 0 Å². The summed E-state index contributed by atoms with van der Waals surface area (Å²) in [5.74, 6) is -5.01. The highest BCUT2D eigenvalue weighted by Gasteiger charge is 2.33. The van der Waals surface area contributed by atoms with Gasteiger partial charge in [-0.05, 0) is 52.9 Å². The summed E-state index contributed by atoms with van der Waals surface area (Å²) in [6.07, 6.45) is -4.91. The fourth-order valence-corrected chi connectivity index (χ4v) is 2.35. The number of nitrogens with zero attached hydrogens (tertiary/aromatic N) is 2. The highest BCUT2D eigenvalue weighted by Crippen LogP contribution is 2.38. The van der Waals surface area contributed by atoms with E-state index in [0.717, 1.165) is 0 Å². The average Bonchev–Trinajstić information content (AvgIpc) is 2.50. The van der Waals surface area contributed by atoms with E-state index in [1.165, 1.54) is 18.2 Å². The number of hydrogen-bond donors (Lipinski definition) is 3. The zero-order chi connectivity index (χ0) is 20.4. The van der Waals surface area contributed by atoms with E-state index in [0.29, 0.717) is 3.57 Å². The number of ether oxygens (including phenoxy) is 1. The lowest BCUT2D eigenvalue weighted by Crippen LogP contribution is -2.26. The third-order valence-corrected chi connectivity index (χ3v) is 3.61. The minimum Gasteiger partial charge on any atom is -0.449 e. The minimum absolute atomic E-state index is 0.00287. The van der Waals surface area contributed by atoms with Crippen molar-refractivity contribution in [2.75, 3.05) is 0 Å². The lowest BCUT2D eigenvalue weighted by molar-refractivity contribution is -0.138. The third-order valence-electron chi connectivity index (χ3n) is 2.94.